The van der Waals surface area contributed by atoms with Crippen molar-refractivity contribution in [1.82, 2.24) is 14.7 Å². The van der Waals surface area contributed by atoms with Crippen LogP contribution < -0.4 is 5.32 Å². The van der Waals surface area contributed by atoms with Crippen LogP contribution in [0.25, 0.3) is 10.6 Å². The molecule has 6 nitrogen and oxygen atoms in total. The molecule has 2 N–H and O–H groups in total. The summed E-state index contributed by atoms with van der Waals surface area (Å²) in [6.45, 7) is 3.71. The topological polar surface area (TPSA) is 70.4 Å². The molecule has 0 unspecified atom stereocenters. The standard InChI is InChI=1S/C16H22N4O2S/c1-2-19(12-5-6-12)11-16(22)17-15-10-13(14-4-3-9-23-14)18-20(15)7-8-21/h3-4,9-10,12,21H,2,5-8,11H2,1H3,(H,17,22). The van der Waals surface area contributed by atoms with E-state index in [1.54, 1.807) is 16.0 Å². The van der Waals surface area contributed by atoms with Crippen molar-refractivity contribution >= 4 is 23.1 Å². The van der Waals surface area contributed by atoms with Gasteiger partial charge in [0.15, 0.2) is 0 Å². The molecule has 0 radical (unpaired) electrons. The van der Waals surface area contributed by atoms with Gasteiger partial charge in [0.05, 0.1) is 24.6 Å². The lowest BCUT2D eigenvalue weighted by Crippen LogP contribution is -2.35. The van der Waals surface area contributed by atoms with Gasteiger partial charge in [0.1, 0.15) is 11.5 Å². The molecular weight excluding hydrogens is 312 g/mol. The largest absolute Gasteiger partial charge is 0.394 e. The fraction of sp³-hybridized carbons (Fsp3) is 0.500. The molecule has 1 fully saturated rings. The van der Waals surface area contributed by atoms with Gasteiger partial charge >= 0.3 is 0 Å². The zero-order valence-corrected chi connectivity index (χ0v) is 14.1. The lowest BCUT2D eigenvalue weighted by molar-refractivity contribution is -0.117. The molecule has 1 amide bonds. The van der Waals surface area contributed by atoms with Crippen LogP contribution in [0.15, 0.2) is 23.6 Å². The van der Waals surface area contributed by atoms with Gasteiger partial charge in [0.25, 0.3) is 0 Å². The number of carbonyl (C=O) groups excluding carboxylic acids is 1. The summed E-state index contributed by atoms with van der Waals surface area (Å²) in [7, 11) is 0. The zero-order chi connectivity index (χ0) is 16.2. The van der Waals surface area contributed by atoms with E-state index < -0.39 is 0 Å². The highest BCUT2D eigenvalue weighted by Gasteiger charge is 2.29. The molecule has 3 rings (SSSR count). The SMILES string of the molecule is CCN(CC(=O)Nc1cc(-c2cccs2)nn1CCO)C1CC1. The maximum absolute atomic E-state index is 12.3. The molecule has 2 heterocycles. The number of nitrogens with zero attached hydrogens (tertiary/aromatic N) is 3. The molecule has 124 valence electrons. The Balaban J connectivity index is 1.71. The highest BCUT2D eigenvalue weighted by atomic mass is 32.1. The van der Waals surface area contributed by atoms with Gasteiger partial charge < -0.3 is 10.4 Å². The minimum Gasteiger partial charge on any atom is -0.394 e. The number of aliphatic hydroxyl groups is 1. The number of hydrogen-bond donors (Lipinski definition) is 2. The Morgan fingerprint density at radius 2 is 2.39 bits per heavy atom. The van der Waals surface area contributed by atoms with Crippen LogP contribution in [0.1, 0.15) is 19.8 Å². The third-order valence-corrected chi connectivity index (χ3v) is 4.84. The summed E-state index contributed by atoms with van der Waals surface area (Å²) in [5.74, 6) is 0.606. The van der Waals surface area contributed by atoms with Crippen LogP contribution >= 0.6 is 11.3 Å². The first kappa shape index (κ1) is 16.2. The summed E-state index contributed by atoms with van der Waals surface area (Å²) in [4.78, 5) is 15.6. The Hall–Kier alpha value is -1.70. The first-order valence-electron chi connectivity index (χ1n) is 7.97. The molecule has 1 saturated carbocycles. The van der Waals surface area contributed by atoms with Crippen LogP contribution in [0.3, 0.4) is 0 Å². The summed E-state index contributed by atoms with van der Waals surface area (Å²) < 4.78 is 1.65. The molecule has 1 aliphatic carbocycles. The lowest BCUT2D eigenvalue weighted by atomic mass is 10.3. The molecule has 0 aromatic carbocycles. The Kier molecular flexibility index (Phi) is 5.09. The molecule has 7 heteroatoms. The van der Waals surface area contributed by atoms with Crippen molar-refractivity contribution in [2.24, 2.45) is 0 Å². The fourth-order valence-corrected chi connectivity index (χ4v) is 3.31. The van der Waals surface area contributed by atoms with Crippen molar-refractivity contribution in [3.8, 4) is 10.6 Å². The van der Waals surface area contributed by atoms with Gasteiger partial charge in [-0.25, -0.2) is 4.68 Å². The summed E-state index contributed by atoms with van der Waals surface area (Å²) in [6, 6.07) is 6.40. The molecule has 0 spiro atoms. The molecule has 0 atom stereocenters. The number of nitrogens with one attached hydrogen (secondary N) is 1. The third-order valence-electron chi connectivity index (χ3n) is 3.95. The van der Waals surface area contributed by atoms with Crippen molar-refractivity contribution < 1.29 is 9.90 Å². The van der Waals surface area contributed by atoms with Gasteiger partial charge in [-0.1, -0.05) is 13.0 Å². The molecule has 0 aliphatic heterocycles. The third kappa shape index (κ3) is 3.99. The number of amides is 1. The summed E-state index contributed by atoms with van der Waals surface area (Å²) in [5.41, 5.74) is 0.818. The first-order chi connectivity index (χ1) is 11.2. The summed E-state index contributed by atoms with van der Waals surface area (Å²) in [5, 5.41) is 18.6. The number of hydrogen-bond acceptors (Lipinski definition) is 5. The van der Waals surface area contributed by atoms with Gasteiger partial charge in [-0.05, 0) is 30.8 Å². The van der Waals surface area contributed by atoms with Crippen LogP contribution in [0.2, 0.25) is 0 Å². The quantitative estimate of drug-likeness (QED) is 0.775. The summed E-state index contributed by atoms with van der Waals surface area (Å²) >= 11 is 1.60. The van der Waals surface area contributed by atoms with Crippen molar-refractivity contribution in [2.45, 2.75) is 32.4 Å². The number of likely N-dealkylation sites (N-methyl/N-ethyl adjacent to an activating group) is 1. The van der Waals surface area contributed by atoms with Crippen LogP contribution in [-0.2, 0) is 11.3 Å². The maximum Gasteiger partial charge on any atom is 0.239 e. The van der Waals surface area contributed by atoms with E-state index in [0.29, 0.717) is 24.9 Å². The molecule has 0 saturated heterocycles. The van der Waals surface area contributed by atoms with Crippen molar-refractivity contribution in [3.05, 3.63) is 23.6 Å². The Bertz CT molecular complexity index is 649. The van der Waals surface area contributed by atoms with E-state index in [0.717, 1.165) is 17.1 Å². The smallest absolute Gasteiger partial charge is 0.239 e. The van der Waals surface area contributed by atoms with E-state index >= 15 is 0 Å². The van der Waals surface area contributed by atoms with Gasteiger partial charge in [-0.2, -0.15) is 5.10 Å². The van der Waals surface area contributed by atoms with Gasteiger partial charge in [0.2, 0.25) is 5.91 Å². The van der Waals surface area contributed by atoms with Gasteiger partial charge in [-0.15, -0.1) is 11.3 Å². The summed E-state index contributed by atoms with van der Waals surface area (Å²) in [6.07, 6.45) is 2.37. The number of anilines is 1. The second-order valence-corrected chi connectivity index (χ2v) is 6.63. The minimum absolute atomic E-state index is 0.0163. The number of aromatic nitrogens is 2. The average Bonchev–Trinajstić information content (AvgIpc) is 3.08. The molecular formula is C16H22N4O2S. The second-order valence-electron chi connectivity index (χ2n) is 5.68. The van der Waals surface area contributed by atoms with Crippen molar-refractivity contribution in [3.63, 3.8) is 0 Å². The van der Waals surface area contributed by atoms with Crippen LogP contribution in [-0.4, -0.2) is 51.4 Å². The minimum atomic E-state index is -0.0319. The fourth-order valence-electron chi connectivity index (χ4n) is 2.63. The van der Waals surface area contributed by atoms with E-state index in [4.69, 9.17) is 0 Å². The van der Waals surface area contributed by atoms with E-state index in [2.05, 4.69) is 22.2 Å². The monoisotopic (exact) mass is 334 g/mol. The molecule has 0 bridgehead atoms. The Labute approximate surface area is 139 Å². The number of aliphatic hydroxyl groups excluding tert-OH is 1. The average molecular weight is 334 g/mol. The second kappa shape index (κ2) is 7.25. The van der Waals surface area contributed by atoms with Crippen molar-refractivity contribution in [1.29, 1.82) is 0 Å². The molecule has 23 heavy (non-hydrogen) atoms. The van der Waals surface area contributed by atoms with E-state index in [-0.39, 0.29) is 12.5 Å². The number of rotatable bonds is 8. The van der Waals surface area contributed by atoms with E-state index in [1.165, 1.54) is 12.8 Å². The van der Waals surface area contributed by atoms with Crippen LogP contribution in [0.5, 0.6) is 0 Å². The zero-order valence-electron chi connectivity index (χ0n) is 13.2. The Morgan fingerprint density at radius 1 is 1.57 bits per heavy atom. The normalized spacial score (nSPS) is 14.4. The van der Waals surface area contributed by atoms with Crippen LogP contribution in [0, 0.1) is 0 Å². The number of thiophene rings is 1. The van der Waals surface area contributed by atoms with Gasteiger partial charge in [-0.3, -0.25) is 9.69 Å². The first-order valence-corrected chi connectivity index (χ1v) is 8.85. The predicted molar refractivity (Wildman–Crippen MR) is 91.5 cm³/mol. The molecule has 2 aromatic heterocycles. The molecule has 1 aliphatic rings. The maximum atomic E-state index is 12.3. The predicted octanol–water partition coefficient (Wildman–Crippen LogP) is 2.03. The Morgan fingerprint density at radius 3 is 3.00 bits per heavy atom. The van der Waals surface area contributed by atoms with Crippen LogP contribution in [0.4, 0.5) is 5.82 Å². The lowest BCUT2D eigenvalue weighted by Gasteiger charge is -2.19. The highest BCUT2D eigenvalue weighted by Crippen LogP contribution is 2.27. The molecule has 2 aromatic rings. The number of carbonyl (C=O) groups is 1. The van der Waals surface area contributed by atoms with E-state index in [9.17, 15) is 9.90 Å². The van der Waals surface area contributed by atoms with Crippen molar-refractivity contribution in [2.75, 3.05) is 25.0 Å². The van der Waals surface area contributed by atoms with E-state index in [1.807, 2.05) is 23.6 Å². The van der Waals surface area contributed by atoms with Gasteiger partial charge in [0, 0.05) is 12.1 Å². The highest BCUT2D eigenvalue weighted by molar-refractivity contribution is 7.13.